The van der Waals surface area contributed by atoms with Gasteiger partial charge in [0.25, 0.3) is 10.0 Å². The van der Waals surface area contributed by atoms with Gasteiger partial charge in [0.2, 0.25) is 10.0 Å². The Kier molecular flexibility index (Phi) is 14.5. The fourth-order valence-electron chi connectivity index (χ4n) is 4.75. The number of hydrogen-bond acceptors (Lipinski definition) is 6. The summed E-state index contributed by atoms with van der Waals surface area (Å²) < 4.78 is 28.2. The minimum absolute atomic E-state index is 0.155. The zero-order valence-corrected chi connectivity index (χ0v) is 26.0. The van der Waals surface area contributed by atoms with Crippen molar-refractivity contribution in [1.29, 1.82) is 0 Å². The summed E-state index contributed by atoms with van der Waals surface area (Å²) in [6.45, 7) is 4.47. The molecule has 0 bridgehead atoms. The molecule has 0 radical (unpaired) electrons. The highest BCUT2D eigenvalue weighted by Crippen LogP contribution is 2.27. The third-order valence-electron chi connectivity index (χ3n) is 7.16. The summed E-state index contributed by atoms with van der Waals surface area (Å²) in [6.07, 6.45) is 14.9. The largest absolute Gasteiger partial charge is 0.360 e. The van der Waals surface area contributed by atoms with Crippen molar-refractivity contribution in [1.82, 2.24) is 14.5 Å². The lowest BCUT2D eigenvalue weighted by Gasteiger charge is -2.31. The number of hydrogen-bond donors (Lipinski definition) is 1. The van der Waals surface area contributed by atoms with Gasteiger partial charge in [-0.2, -0.15) is 4.31 Å². The molecule has 11 heteroatoms. The SMILES string of the molecule is CCCCCCCCCCCCNC1CCN(S(=O)(=O)c2ccc(CN=[N+]=NC(=O)c3ccc(Cl)cc3)s2)CC1. The van der Waals surface area contributed by atoms with Crippen LogP contribution in [-0.2, 0) is 16.6 Å². The molecule has 1 aliphatic rings. The molecule has 2 aromatic rings. The average molecular weight is 609 g/mol. The van der Waals surface area contributed by atoms with Crippen LogP contribution < -0.4 is 10.2 Å². The Morgan fingerprint density at radius 1 is 0.975 bits per heavy atom. The van der Waals surface area contributed by atoms with Crippen LogP contribution in [0.25, 0.3) is 0 Å². The second-order valence-electron chi connectivity index (χ2n) is 10.3. The number of nitrogens with one attached hydrogen (secondary N) is 1. The zero-order chi connectivity index (χ0) is 28.6. The number of benzene rings is 1. The fraction of sp³-hybridized carbons (Fsp3) is 0.621. The molecule has 220 valence electrons. The summed E-state index contributed by atoms with van der Waals surface area (Å²) in [5.74, 6) is -0.517. The predicted octanol–water partition coefficient (Wildman–Crippen LogP) is 7.38. The van der Waals surface area contributed by atoms with E-state index >= 15 is 0 Å². The van der Waals surface area contributed by atoms with Crippen molar-refractivity contribution in [2.24, 2.45) is 10.2 Å². The molecule has 40 heavy (non-hydrogen) atoms. The second-order valence-corrected chi connectivity index (χ2v) is 14.1. The molecule has 1 aliphatic heterocycles. The average Bonchev–Trinajstić information content (AvgIpc) is 3.44. The van der Waals surface area contributed by atoms with Crippen molar-refractivity contribution in [3.8, 4) is 0 Å². The first-order valence-electron chi connectivity index (χ1n) is 14.6. The molecule has 3 rings (SSSR count). The van der Waals surface area contributed by atoms with Gasteiger partial charge >= 0.3 is 5.91 Å². The second kappa shape index (κ2) is 17.8. The molecule has 1 aromatic heterocycles. The third kappa shape index (κ3) is 11.1. The fourth-order valence-corrected chi connectivity index (χ4v) is 7.78. The van der Waals surface area contributed by atoms with Gasteiger partial charge < -0.3 is 5.32 Å². The van der Waals surface area contributed by atoms with Crippen molar-refractivity contribution in [2.75, 3.05) is 19.6 Å². The van der Waals surface area contributed by atoms with Crippen LogP contribution in [0.3, 0.4) is 0 Å². The smallest absolute Gasteiger partial charge is 0.314 e. The molecule has 0 unspecified atom stereocenters. The van der Waals surface area contributed by atoms with Gasteiger partial charge in [-0.25, -0.2) is 8.42 Å². The van der Waals surface area contributed by atoms with E-state index in [0.29, 0.717) is 33.9 Å². The molecule has 0 aliphatic carbocycles. The Hall–Kier alpha value is -1.94. The lowest BCUT2D eigenvalue weighted by molar-refractivity contribution is 0.0992. The minimum atomic E-state index is -3.53. The monoisotopic (exact) mass is 608 g/mol. The minimum Gasteiger partial charge on any atom is -0.314 e. The molecular formula is C29H43ClN5O3S2+. The molecule has 1 amide bonds. The standard InChI is InChI=1S/C29H43ClN5O3S2/c1-2-3-4-5-6-7-8-9-10-11-20-31-26-18-21-35(22-19-26)40(37,38)28-17-16-27(39-28)23-32-34-33-29(36)24-12-14-25(30)15-13-24/h12-17,26,31H,2-11,18-23H2,1H3/q+1. The highest BCUT2D eigenvalue weighted by Gasteiger charge is 2.30. The number of unbranched alkanes of at least 4 members (excludes halogenated alkanes) is 9. The number of thiophene rings is 1. The van der Waals surface area contributed by atoms with Crippen molar-refractivity contribution in [3.63, 3.8) is 0 Å². The Balaban J connectivity index is 1.33. The molecule has 1 fully saturated rings. The van der Waals surface area contributed by atoms with E-state index < -0.39 is 15.9 Å². The van der Waals surface area contributed by atoms with E-state index in [9.17, 15) is 13.2 Å². The van der Waals surface area contributed by atoms with Gasteiger partial charge in [-0.1, -0.05) is 76.3 Å². The maximum Gasteiger partial charge on any atom is 0.360 e. The van der Waals surface area contributed by atoms with E-state index in [1.165, 1.54) is 75.5 Å². The summed E-state index contributed by atoms with van der Waals surface area (Å²) in [7, 11) is -3.53. The van der Waals surface area contributed by atoms with Crippen molar-refractivity contribution < 1.29 is 13.2 Å². The molecule has 0 atom stereocenters. The van der Waals surface area contributed by atoms with Crippen LogP contribution >= 0.6 is 22.9 Å². The Bertz CT molecular complexity index is 1200. The molecular weight excluding hydrogens is 566 g/mol. The van der Waals surface area contributed by atoms with Crippen LogP contribution in [0, 0.1) is 0 Å². The Labute approximate surface area is 248 Å². The summed E-state index contributed by atoms with van der Waals surface area (Å²) in [6, 6.07) is 10.1. The van der Waals surface area contributed by atoms with E-state index in [-0.39, 0.29) is 6.54 Å². The predicted molar refractivity (Wildman–Crippen MR) is 162 cm³/mol. The summed E-state index contributed by atoms with van der Waals surface area (Å²) in [5, 5.41) is 11.7. The number of sulfonamides is 1. The zero-order valence-electron chi connectivity index (χ0n) is 23.6. The number of amides is 1. The van der Waals surface area contributed by atoms with Gasteiger partial charge in [-0.15, -0.1) is 11.3 Å². The summed E-state index contributed by atoms with van der Waals surface area (Å²) >= 11 is 7.00. The van der Waals surface area contributed by atoms with E-state index in [1.807, 2.05) is 0 Å². The molecule has 0 saturated carbocycles. The van der Waals surface area contributed by atoms with Crippen LogP contribution in [-0.4, -0.2) is 44.3 Å². The highest BCUT2D eigenvalue weighted by atomic mass is 35.5. The van der Waals surface area contributed by atoms with Gasteiger partial charge in [0, 0.05) is 34.6 Å². The highest BCUT2D eigenvalue weighted by molar-refractivity contribution is 7.91. The van der Waals surface area contributed by atoms with E-state index in [1.54, 1.807) is 40.7 Å². The molecule has 1 N–H and O–H groups in total. The van der Waals surface area contributed by atoms with E-state index in [4.69, 9.17) is 11.6 Å². The van der Waals surface area contributed by atoms with Gasteiger partial charge in [0.15, 0.2) is 6.54 Å². The van der Waals surface area contributed by atoms with E-state index in [2.05, 4.69) is 27.4 Å². The van der Waals surface area contributed by atoms with Gasteiger partial charge in [-0.3, -0.25) is 4.79 Å². The third-order valence-corrected chi connectivity index (χ3v) is 10.9. The van der Waals surface area contributed by atoms with Gasteiger partial charge in [0.1, 0.15) is 9.32 Å². The van der Waals surface area contributed by atoms with Crippen LogP contribution in [0.4, 0.5) is 0 Å². The first-order chi connectivity index (χ1) is 19.4. The summed E-state index contributed by atoms with van der Waals surface area (Å²) in [5.41, 5.74) is 0.366. The molecule has 1 aromatic carbocycles. The van der Waals surface area contributed by atoms with Crippen LogP contribution in [0.1, 0.15) is 99.2 Å². The molecule has 1 saturated heterocycles. The molecule has 8 nitrogen and oxygen atoms in total. The first kappa shape index (κ1) is 32.6. The topological polar surface area (TPSA) is 105 Å². The maximum atomic E-state index is 13.2. The van der Waals surface area contributed by atoms with Crippen molar-refractivity contribution in [3.05, 3.63) is 51.9 Å². The number of carbonyl (C=O) groups excluding carboxylic acids is 1. The number of halogens is 1. The van der Waals surface area contributed by atoms with Crippen LogP contribution in [0.15, 0.2) is 50.8 Å². The van der Waals surface area contributed by atoms with Crippen molar-refractivity contribution >= 4 is 38.9 Å². The lowest BCUT2D eigenvalue weighted by Crippen LogP contribution is -2.44. The molecule has 0 spiro atoms. The van der Waals surface area contributed by atoms with Gasteiger partial charge in [-0.05, 0) is 62.2 Å². The van der Waals surface area contributed by atoms with Gasteiger partial charge in [0.05, 0.1) is 0 Å². The van der Waals surface area contributed by atoms with Crippen molar-refractivity contribution in [2.45, 2.75) is 101 Å². The van der Waals surface area contributed by atoms with Crippen LogP contribution in [0.5, 0.6) is 0 Å². The summed E-state index contributed by atoms with van der Waals surface area (Å²) in [4.78, 5) is 16.4. The lowest BCUT2D eigenvalue weighted by atomic mass is 10.1. The Morgan fingerprint density at radius 3 is 2.25 bits per heavy atom. The van der Waals surface area contributed by atoms with Crippen LogP contribution in [0.2, 0.25) is 5.02 Å². The Morgan fingerprint density at radius 2 is 1.60 bits per heavy atom. The maximum absolute atomic E-state index is 13.2. The number of rotatable bonds is 17. The number of nitrogens with zero attached hydrogens (tertiary/aromatic N) is 4. The quantitative estimate of drug-likeness (QED) is 0.115. The molecule has 2 heterocycles. The first-order valence-corrected chi connectivity index (χ1v) is 17.2. The number of piperidine rings is 1. The normalized spacial score (nSPS) is 14.7. The van der Waals surface area contributed by atoms with E-state index in [0.717, 1.165) is 24.3 Å². The number of carbonyl (C=O) groups is 1.